The molecule has 0 N–H and O–H groups in total. The summed E-state index contributed by atoms with van der Waals surface area (Å²) in [7, 11) is 0. The molecule has 7 aliphatic rings. The summed E-state index contributed by atoms with van der Waals surface area (Å²) in [6.07, 6.45) is 16.3. The molecule has 182 valence electrons. The highest BCUT2D eigenvalue weighted by Gasteiger charge is 2.61. The first-order chi connectivity index (χ1) is 16.6. The van der Waals surface area contributed by atoms with E-state index < -0.39 is 0 Å². The number of aryl methyl sites for hydroxylation is 1. The lowest BCUT2D eigenvalue weighted by molar-refractivity contribution is -0.129. The van der Waals surface area contributed by atoms with Crippen LogP contribution in [0.1, 0.15) is 89.0 Å². The minimum absolute atomic E-state index is 0.0888. The highest BCUT2D eigenvalue weighted by atomic mass is 16.2. The van der Waals surface area contributed by atoms with E-state index in [0.717, 1.165) is 55.2 Å². The van der Waals surface area contributed by atoms with Crippen molar-refractivity contribution < 1.29 is 4.79 Å². The Bertz CT molecular complexity index is 948. The molecule has 2 heterocycles. The fourth-order valence-electron chi connectivity index (χ4n) is 9.49. The lowest BCUT2D eigenvalue weighted by Crippen LogP contribution is -2.53. The monoisotopic (exact) mass is 459 g/mol. The van der Waals surface area contributed by atoms with Gasteiger partial charge in [-0.05, 0) is 114 Å². The second-order valence-electron chi connectivity index (χ2n) is 13.0. The van der Waals surface area contributed by atoms with Gasteiger partial charge >= 0.3 is 0 Å². The smallest absolute Gasteiger partial charge is 0.240 e. The number of nitrogens with zero attached hydrogens (tertiary/aromatic N) is 3. The molecule has 1 atom stereocenters. The molecule has 4 nitrogen and oxygen atoms in total. The van der Waals surface area contributed by atoms with Crippen LogP contribution in [-0.2, 0) is 4.79 Å². The molecule has 34 heavy (non-hydrogen) atoms. The first-order valence-corrected chi connectivity index (χ1v) is 14.3. The second-order valence-corrected chi connectivity index (χ2v) is 13.0. The Hall–Kier alpha value is -1.68. The molecule has 4 heteroatoms. The quantitative estimate of drug-likeness (QED) is 0.546. The van der Waals surface area contributed by atoms with E-state index in [1.54, 1.807) is 0 Å². The van der Waals surface area contributed by atoms with Crippen LogP contribution in [0.5, 0.6) is 0 Å². The van der Waals surface area contributed by atoms with Crippen LogP contribution in [0, 0.1) is 30.1 Å². The lowest BCUT2D eigenvalue weighted by Gasteiger charge is -2.55. The Kier molecular flexibility index (Phi) is 5.03. The summed E-state index contributed by atoms with van der Waals surface area (Å²) in [5, 5.41) is 0. The molecule has 0 radical (unpaired) electrons. The molecule has 7 fully saturated rings. The van der Waals surface area contributed by atoms with Crippen LogP contribution in [0.2, 0.25) is 0 Å². The van der Waals surface area contributed by atoms with Crippen LogP contribution in [0.15, 0.2) is 29.3 Å². The summed E-state index contributed by atoms with van der Waals surface area (Å²) < 4.78 is 0. The summed E-state index contributed by atoms with van der Waals surface area (Å²) in [6, 6.07) is 8.86. The molecule has 1 aromatic carbocycles. The number of amidine groups is 1. The van der Waals surface area contributed by atoms with Crippen LogP contribution < -0.4 is 4.90 Å². The van der Waals surface area contributed by atoms with Crippen molar-refractivity contribution in [1.29, 1.82) is 0 Å². The average Bonchev–Trinajstić information content (AvgIpc) is 3.40. The van der Waals surface area contributed by atoms with Gasteiger partial charge in [0, 0.05) is 0 Å². The van der Waals surface area contributed by atoms with Crippen molar-refractivity contribution in [3.05, 3.63) is 29.8 Å². The van der Waals surface area contributed by atoms with Gasteiger partial charge in [-0.2, -0.15) is 0 Å². The highest BCUT2D eigenvalue weighted by molar-refractivity contribution is 6.27. The number of aliphatic imine (C=N–C) groups is 1. The van der Waals surface area contributed by atoms with Gasteiger partial charge in [0.05, 0.1) is 22.7 Å². The molecule has 2 aliphatic heterocycles. The SMILES string of the molecule is Cc1ccc(N2C(=O)C3(CCCCC3)[C@@H](N3CCCC3)C2=NC23CC4CC(CC(C4)C2)C3)cc1. The van der Waals surface area contributed by atoms with Gasteiger partial charge < -0.3 is 0 Å². The molecule has 1 spiro atoms. The molecule has 5 aliphatic carbocycles. The molecule has 0 unspecified atom stereocenters. The molecule has 4 bridgehead atoms. The molecule has 8 rings (SSSR count). The largest absolute Gasteiger partial charge is 0.293 e. The molecule has 0 aromatic heterocycles. The topological polar surface area (TPSA) is 35.9 Å². The van der Waals surface area contributed by atoms with Crippen LogP contribution in [0.25, 0.3) is 0 Å². The number of benzene rings is 1. The molecule has 1 amide bonds. The maximum atomic E-state index is 14.5. The van der Waals surface area contributed by atoms with E-state index in [4.69, 9.17) is 4.99 Å². The third kappa shape index (κ3) is 3.27. The number of amides is 1. The zero-order valence-corrected chi connectivity index (χ0v) is 21.0. The maximum absolute atomic E-state index is 14.5. The normalized spacial score (nSPS) is 40.2. The third-order valence-electron chi connectivity index (χ3n) is 10.5. The predicted molar refractivity (Wildman–Crippen MR) is 137 cm³/mol. The number of rotatable bonds is 3. The van der Waals surface area contributed by atoms with Gasteiger partial charge in [-0.15, -0.1) is 0 Å². The van der Waals surface area contributed by atoms with E-state index >= 15 is 0 Å². The van der Waals surface area contributed by atoms with Gasteiger partial charge in [-0.1, -0.05) is 37.0 Å². The maximum Gasteiger partial charge on any atom is 0.240 e. The summed E-state index contributed by atoms with van der Waals surface area (Å²) in [5.74, 6) is 4.11. The number of hydrogen-bond acceptors (Lipinski definition) is 3. The number of hydrogen-bond donors (Lipinski definition) is 0. The summed E-state index contributed by atoms with van der Waals surface area (Å²) in [5.41, 5.74) is 2.12. The third-order valence-corrected chi connectivity index (χ3v) is 10.5. The van der Waals surface area contributed by atoms with E-state index in [1.165, 1.54) is 76.2 Å². The minimum Gasteiger partial charge on any atom is -0.293 e. The van der Waals surface area contributed by atoms with E-state index in [9.17, 15) is 4.79 Å². The molecule has 5 saturated carbocycles. The Balaban J connectivity index is 1.38. The van der Waals surface area contributed by atoms with Gasteiger partial charge in [0.25, 0.3) is 0 Å². The predicted octanol–water partition coefficient (Wildman–Crippen LogP) is 6.12. The van der Waals surface area contributed by atoms with Gasteiger partial charge in [0.2, 0.25) is 5.91 Å². The van der Waals surface area contributed by atoms with Crippen molar-refractivity contribution in [3.63, 3.8) is 0 Å². The number of anilines is 1. The zero-order chi connectivity index (χ0) is 22.9. The van der Waals surface area contributed by atoms with Crippen LogP contribution in [0.3, 0.4) is 0 Å². The van der Waals surface area contributed by atoms with Gasteiger partial charge in [-0.3, -0.25) is 19.6 Å². The van der Waals surface area contributed by atoms with Crippen molar-refractivity contribution in [2.75, 3.05) is 18.0 Å². The average molecular weight is 460 g/mol. The van der Waals surface area contributed by atoms with Crippen LogP contribution in [0.4, 0.5) is 5.69 Å². The summed E-state index contributed by atoms with van der Waals surface area (Å²) >= 11 is 0. The summed E-state index contributed by atoms with van der Waals surface area (Å²) in [6.45, 7) is 4.39. The first kappa shape index (κ1) is 21.6. The molecular weight excluding hydrogens is 418 g/mol. The Labute approximate surface area is 205 Å². The molecular formula is C30H41N3O. The number of likely N-dealkylation sites (tertiary alicyclic amines) is 1. The van der Waals surface area contributed by atoms with Crippen LogP contribution in [-0.4, -0.2) is 41.3 Å². The van der Waals surface area contributed by atoms with Crippen molar-refractivity contribution in [3.8, 4) is 0 Å². The Morgan fingerprint density at radius 1 is 0.824 bits per heavy atom. The minimum atomic E-state index is -0.269. The first-order valence-electron chi connectivity index (χ1n) is 14.3. The van der Waals surface area contributed by atoms with Crippen LogP contribution >= 0.6 is 0 Å². The summed E-state index contributed by atoms with van der Waals surface area (Å²) in [4.78, 5) is 25.2. The van der Waals surface area contributed by atoms with E-state index in [1.807, 2.05) is 0 Å². The van der Waals surface area contributed by atoms with E-state index in [0.29, 0.717) is 5.91 Å². The van der Waals surface area contributed by atoms with Gasteiger partial charge in [-0.25, -0.2) is 0 Å². The highest BCUT2D eigenvalue weighted by Crippen LogP contribution is 2.58. The lowest BCUT2D eigenvalue weighted by atomic mass is 9.53. The van der Waals surface area contributed by atoms with E-state index in [2.05, 4.69) is 41.0 Å². The van der Waals surface area contributed by atoms with Crippen molar-refractivity contribution in [2.24, 2.45) is 28.2 Å². The molecule has 1 aromatic rings. The van der Waals surface area contributed by atoms with Crippen molar-refractivity contribution >= 4 is 17.4 Å². The second kappa shape index (κ2) is 7.91. The van der Waals surface area contributed by atoms with Crippen molar-refractivity contribution in [2.45, 2.75) is 102 Å². The fraction of sp³-hybridized carbons (Fsp3) is 0.733. The molecule has 2 saturated heterocycles. The standard InChI is InChI=1S/C30H41N3O/c1-21-7-9-25(10-8-21)33-27(31-29-18-22-15-23(19-29)17-24(16-22)20-29)26(32-13-5-6-14-32)30(28(33)34)11-3-2-4-12-30/h7-10,22-24,26H,2-6,11-20H2,1H3/t22?,23?,24?,26-,29?/m0/s1. The van der Waals surface area contributed by atoms with Gasteiger partial charge in [0.15, 0.2) is 0 Å². The zero-order valence-electron chi connectivity index (χ0n) is 21.0. The Morgan fingerprint density at radius 3 is 2.00 bits per heavy atom. The van der Waals surface area contributed by atoms with E-state index in [-0.39, 0.29) is 17.0 Å². The number of carbonyl (C=O) groups excluding carboxylic acids is 1. The van der Waals surface area contributed by atoms with Gasteiger partial charge in [0.1, 0.15) is 5.84 Å². The Morgan fingerprint density at radius 2 is 1.41 bits per heavy atom. The van der Waals surface area contributed by atoms with Crippen molar-refractivity contribution in [1.82, 2.24) is 4.90 Å². The fourth-order valence-corrected chi connectivity index (χ4v) is 9.49. The number of carbonyl (C=O) groups is 1.